The zero-order chi connectivity index (χ0) is 17.6. The van der Waals surface area contributed by atoms with Crippen LogP contribution in [0.15, 0.2) is 48.5 Å². The summed E-state index contributed by atoms with van der Waals surface area (Å²) in [5, 5.41) is 0. The van der Waals surface area contributed by atoms with E-state index in [9.17, 15) is 9.18 Å². The van der Waals surface area contributed by atoms with E-state index in [1.165, 1.54) is 23.3 Å². The van der Waals surface area contributed by atoms with Crippen LogP contribution < -0.4 is 4.74 Å². The first-order chi connectivity index (χ1) is 12.1. The number of carbonyl (C=O) groups excluding carboxylic acids is 1. The van der Waals surface area contributed by atoms with E-state index in [1.807, 2.05) is 0 Å². The molecule has 1 aliphatic rings. The first kappa shape index (κ1) is 17.4. The Morgan fingerprint density at radius 2 is 1.72 bits per heavy atom. The van der Waals surface area contributed by atoms with Gasteiger partial charge in [-0.3, -0.25) is 9.69 Å². The Bertz CT molecular complexity index is 710. The molecule has 1 aliphatic heterocycles. The number of hydrogen-bond acceptors (Lipinski definition) is 3. The number of rotatable bonds is 5. The molecule has 1 fully saturated rings. The first-order valence-corrected chi connectivity index (χ1v) is 8.55. The minimum atomic E-state index is -0.446. The van der Waals surface area contributed by atoms with Gasteiger partial charge in [0.2, 0.25) is 0 Å². The van der Waals surface area contributed by atoms with Crippen molar-refractivity contribution in [3.63, 3.8) is 0 Å². The average molecular weight is 342 g/mol. The van der Waals surface area contributed by atoms with Crippen molar-refractivity contribution in [2.24, 2.45) is 0 Å². The standard InChI is InChI=1S/C20H23FN2O2/c1-16-6-8-17(9-7-16)14-22-10-12-23(13-11-22)20(24)15-25-19-5-3-2-4-18(19)21/h2-9H,10-15H2,1H3. The summed E-state index contributed by atoms with van der Waals surface area (Å²) in [7, 11) is 0. The molecule has 0 N–H and O–H groups in total. The second kappa shape index (κ2) is 8.12. The van der Waals surface area contributed by atoms with E-state index in [4.69, 9.17) is 4.74 Å². The molecule has 0 bridgehead atoms. The van der Waals surface area contributed by atoms with Crippen LogP contribution in [0.2, 0.25) is 0 Å². The van der Waals surface area contributed by atoms with Gasteiger partial charge in [0, 0.05) is 32.7 Å². The van der Waals surface area contributed by atoms with Crippen molar-refractivity contribution in [1.82, 2.24) is 9.80 Å². The van der Waals surface area contributed by atoms with Crippen LogP contribution in [0.5, 0.6) is 5.75 Å². The van der Waals surface area contributed by atoms with E-state index >= 15 is 0 Å². The Hall–Kier alpha value is -2.40. The lowest BCUT2D eigenvalue weighted by atomic mass is 10.1. The van der Waals surface area contributed by atoms with Gasteiger partial charge in [-0.05, 0) is 24.6 Å². The lowest BCUT2D eigenvalue weighted by molar-refractivity contribution is -0.135. The molecule has 2 aromatic rings. The molecular weight excluding hydrogens is 319 g/mol. The Morgan fingerprint density at radius 3 is 2.40 bits per heavy atom. The van der Waals surface area contributed by atoms with E-state index in [0.29, 0.717) is 13.1 Å². The smallest absolute Gasteiger partial charge is 0.260 e. The van der Waals surface area contributed by atoms with Crippen LogP contribution in [0.25, 0.3) is 0 Å². The van der Waals surface area contributed by atoms with E-state index in [2.05, 4.69) is 36.1 Å². The van der Waals surface area contributed by atoms with Crippen LogP contribution >= 0.6 is 0 Å². The van der Waals surface area contributed by atoms with Crippen molar-refractivity contribution in [3.05, 3.63) is 65.5 Å². The van der Waals surface area contributed by atoms with Gasteiger partial charge in [-0.2, -0.15) is 0 Å². The monoisotopic (exact) mass is 342 g/mol. The van der Waals surface area contributed by atoms with Crippen molar-refractivity contribution < 1.29 is 13.9 Å². The van der Waals surface area contributed by atoms with Crippen LogP contribution in [-0.2, 0) is 11.3 Å². The van der Waals surface area contributed by atoms with Crippen LogP contribution in [0.3, 0.4) is 0 Å². The normalized spacial score (nSPS) is 15.2. The minimum Gasteiger partial charge on any atom is -0.481 e. The Balaban J connectivity index is 1.44. The topological polar surface area (TPSA) is 32.8 Å². The van der Waals surface area contributed by atoms with Crippen LogP contribution in [0.4, 0.5) is 4.39 Å². The first-order valence-electron chi connectivity index (χ1n) is 8.55. The Labute approximate surface area is 147 Å². The molecule has 132 valence electrons. The molecule has 3 rings (SSSR count). The second-order valence-corrected chi connectivity index (χ2v) is 6.36. The van der Waals surface area contributed by atoms with E-state index in [-0.39, 0.29) is 18.3 Å². The van der Waals surface area contributed by atoms with Crippen molar-refractivity contribution in [1.29, 1.82) is 0 Å². The van der Waals surface area contributed by atoms with E-state index in [1.54, 1.807) is 17.0 Å². The van der Waals surface area contributed by atoms with Crippen LogP contribution in [0.1, 0.15) is 11.1 Å². The number of ether oxygens (including phenoxy) is 1. The Kier molecular flexibility index (Phi) is 5.66. The van der Waals surface area contributed by atoms with Crippen LogP contribution in [0, 0.1) is 12.7 Å². The highest BCUT2D eigenvalue weighted by atomic mass is 19.1. The van der Waals surface area contributed by atoms with E-state index in [0.717, 1.165) is 19.6 Å². The molecule has 0 spiro atoms. The number of hydrogen-bond donors (Lipinski definition) is 0. The van der Waals surface area contributed by atoms with Crippen molar-refractivity contribution in [2.75, 3.05) is 32.8 Å². The van der Waals surface area contributed by atoms with E-state index < -0.39 is 5.82 Å². The fraction of sp³-hybridized carbons (Fsp3) is 0.350. The highest BCUT2D eigenvalue weighted by Gasteiger charge is 2.21. The number of para-hydroxylation sites is 1. The molecule has 4 nitrogen and oxygen atoms in total. The van der Waals surface area contributed by atoms with Gasteiger partial charge < -0.3 is 9.64 Å². The van der Waals surface area contributed by atoms with Gasteiger partial charge in [0.15, 0.2) is 18.2 Å². The lowest BCUT2D eigenvalue weighted by Gasteiger charge is -2.34. The summed E-state index contributed by atoms with van der Waals surface area (Å²) in [6.45, 7) is 5.86. The predicted molar refractivity (Wildman–Crippen MR) is 94.9 cm³/mol. The number of halogens is 1. The molecule has 0 unspecified atom stereocenters. The zero-order valence-corrected chi connectivity index (χ0v) is 14.5. The fourth-order valence-electron chi connectivity index (χ4n) is 2.90. The lowest BCUT2D eigenvalue weighted by Crippen LogP contribution is -2.49. The molecule has 0 aliphatic carbocycles. The third kappa shape index (κ3) is 4.79. The van der Waals surface area contributed by atoms with Gasteiger partial charge in [0.25, 0.3) is 5.91 Å². The predicted octanol–water partition coefficient (Wildman–Crippen LogP) is 2.86. The molecule has 1 amide bonds. The van der Waals surface area contributed by atoms with Gasteiger partial charge >= 0.3 is 0 Å². The largest absolute Gasteiger partial charge is 0.481 e. The van der Waals surface area contributed by atoms with Gasteiger partial charge in [-0.25, -0.2) is 4.39 Å². The highest BCUT2D eigenvalue weighted by Crippen LogP contribution is 2.16. The van der Waals surface area contributed by atoms with Gasteiger partial charge in [0.1, 0.15) is 0 Å². The number of benzene rings is 2. The summed E-state index contributed by atoms with van der Waals surface area (Å²) in [5.74, 6) is -0.426. The van der Waals surface area contributed by atoms with Gasteiger partial charge in [-0.1, -0.05) is 42.0 Å². The number of aryl methyl sites for hydroxylation is 1. The molecular formula is C20H23FN2O2. The number of piperazine rings is 1. The summed E-state index contributed by atoms with van der Waals surface area (Å²) in [6, 6.07) is 14.7. The molecule has 2 aromatic carbocycles. The molecule has 0 aromatic heterocycles. The third-order valence-electron chi connectivity index (χ3n) is 4.44. The van der Waals surface area contributed by atoms with Crippen LogP contribution in [-0.4, -0.2) is 48.5 Å². The average Bonchev–Trinajstić information content (AvgIpc) is 2.63. The summed E-state index contributed by atoms with van der Waals surface area (Å²) in [5.41, 5.74) is 2.54. The number of amides is 1. The summed E-state index contributed by atoms with van der Waals surface area (Å²) >= 11 is 0. The maximum atomic E-state index is 13.5. The quantitative estimate of drug-likeness (QED) is 0.838. The maximum Gasteiger partial charge on any atom is 0.260 e. The SMILES string of the molecule is Cc1ccc(CN2CCN(C(=O)COc3ccccc3F)CC2)cc1. The molecule has 1 heterocycles. The van der Waals surface area contributed by atoms with Gasteiger partial charge in [-0.15, -0.1) is 0 Å². The molecule has 25 heavy (non-hydrogen) atoms. The summed E-state index contributed by atoms with van der Waals surface area (Å²) in [6.07, 6.45) is 0. The summed E-state index contributed by atoms with van der Waals surface area (Å²) in [4.78, 5) is 16.4. The zero-order valence-electron chi connectivity index (χ0n) is 14.5. The second-order valence-electron chi connectivity index (χ2n) is 6.36. The molecule has 5 heteroatoms. The minimum absolute atomic E-state index is 0.0989. The fourth-order valence-corrected chi connectivity index (χ4v) is 2.90. The number of nitrogens with zero attached hydrogens (tertiary/aromatic N) is 2. The molecule has 0 saturated carbocycles. The van der Waals surface area contributed by atoms with Crippen molar-refractivity contribution in [2.45, 2.75) is 13.5 Å². The molecule has 0 atom stereocenters. The van der Waals surface area contributed by atoms with Gasteiger partial charge in [0.05, 0.1) is 0 Å². The van der Waals surface area contributed by atoms with Crippen molar-refractivity contribution in [3.8, 4) is 5.75 Å². The molecule has 0 radical (unpaired) electrons. The summed E-state index contributed by atoms with van der Waals surface area (Å²) < 4.78 is 18.8. The highest BCUT2D eigenvalue weighted by molar-refractivity contribution is 5.77. The van der Waals surface area contributed by atoms with Crippen molar-refractivity contribution >= 4 is 5.91 Å². The Morgan fingerprint density at radius 1 is 1.04 bits per heavy atom. The third-order valence-corrected chi connectivity index (χ3v) is 4.44. The number of carbonyl (C=O) groups is 1. The maximum absolute atomic E-state index is 13.5. The molecule has 1 saturated heterocycles.